The van der Waals surface area contributed by atoms with Gasteiger partial charge in [-0.3, -0.25) is 14.6 Å². The van der Waals surface area contributed by atoms with E-state index in [2.05, 4.69) is 15.5 Å². The number of likely N-dealkylation sites (tertiary alicyclic amines) is 1. The molecule has 1 fully saturated rings. The monoisotopic (exact) mass is 500 g/mol. The normalized spacial score (nSPS) is 23.4. The van der Waals surface area contributed by atoms with E-state index in [-0.39, 0.29) is 24.6 Å². The predicted octanol–water partition coefficient (Wildman–Crippen LogP) is 2.31. The summed E-state index contributed by atoms with van der Waals surface area (Å²) >= 11 is 6.08. The smallest absolute Gasteiger partial charge is 0.255 e. The number of halogens is 1. The standard InChI is InChI=1S/C25H29ClN4O5/c1-14-21(15(2)35-29-14)19-9-8-16(12-27-19)13-28-24(33)22(31)23(32)25(34)30-10-4-7-20(30)17-5-3-6-18(26)11-17/h3,5-6,8-9,11-12,15,20-23,31-32H,4,7,10,13H2,1-2H3,(H,28,33)/t15?,20?,21?,22-,23-/m1/s1. The Kier molecular flexibility index (Phi) is 7.69. The lowest BCUT2D eigenvalue weighted by Gasteiger charge is -2.28. The summed E-state index contributed by atoms with van der Waals surface area (Å²) in [6, 6.07) is 10.6. The fourth-order valence-corrected chi connectivity index (χ4v) is 4.83. The second-order valence-electron chi connectivity index (χ2n) is 8.96. The average molecular weight is 501 g/mol. The lowest BCUT2D eigenvalue weighted by Crippen LogP contribution is -2.50. The van der Waals surface area contributed by atoms with Crippen molar-refractivity contribution in [3.8, 4) is 0 Å². The molecule has 0 radical (unpaired) electrons. The second kappa shape index (κ2) is 10.7. The maximum absolute atomic E-state index is 12.9. The highest BCUT2D eigenvalue weighted by molar-refractivity contribution is 6.30. The Hall–Kier alpha value is -3.01. The van der Waals surface area contributed by atoms with E-state index in [0.717, 1.165) is 23.4 Å². The van der Waals surface area contributed by atoms with Crippen LogP contribution in [0.25, 0.3) is 0 Å². The number of carbonyl (C=O) groups is 2. The minimum absolute atomic E-state index is 0.0250. The molecule has 0 saturated carbocycles. The third-order valence-corrected chi connectivity index (χ3v) is 6.74. The SMILES string of the molecule is CC1=NOC(C)C1c1ccc(CNC(=O)[C@H](O)[C@@H](O)C(=O)N2CCCC2c2cccc(Cl)c2)cn1. The molecule has 10 heteroatoms. The van der Waals surface area contributed by atoms with E-state index in [1.807, 2.05) is 32.0 Å². The van der Waals surface area contributed by atoms with Crippen LogP contribution in [0.5, 0.6) is 0 Å². The fraction of sp³-hybridized carbons (Fsp3) is 0.440. The Morgan fingerprint density at radius 3 is 2.71 bits per heavy atom. The van der Waals surface area contributed by atoms with Gasteiger partial charge in [-0.1, -0.05) is 35.0 Å². The fourth-order valence-electron chi connectivity index (χ4n) is 4.64. The van der Waals surface area contributed by atoms with Gasteiger partial charge in [-0.2, -0.15) is 0 Å². The molecular formula is C25H29ClN4O5. The molecule has 9 nitrogen and oxygen atoms in total. The number of nitrogens with zero attached hydrogens (tertiary/aromatic N) is 3. The first-order valence-electron chi connectivity index (χ1n) is 11.6. The second-order valence-corrected chi connectivity index (χ2v) is 9.40. The lowest BCUT2D eigenvalue weighted by molar-refractivity contribution is -0.153. The number of benzene rings is 1. The van der Waals surface area contributed by atoms with Crippen LogP contribution in [-0.2, 0) is 21.0 Å². The molecule has 3 unspecified atom stereocenters. The van der Waals surface area contributed by atoms with Gasteiger partial charge >= 0.3 is 0 Å². The minimum Gasteiger partial charge on any atom is -0.392 e. The van der Waals surface area contributed by atoms with Gasteiger partial charge in [-0.25, -0.2) is 0 Å². The molecule has 2 amide bonds. The molecule has 1 aromatic heterocycles. The number of hydrogen-bond acceptors (Lipinski definition) is 7. The molecule has 0 spiro atoms. The Morgan fingerprint density at radius 2 is 2.06 bits per heavy atom. The zero-order chi connectivity index (χ0) is 25.1. The molecular weight excluding hydrogens is 472 g/mol. The van der Waals surface area contributed by atoms with Gasteiger partial charge in [0.25, 0.3) is 11.8 Å². The Bertz CT molecular complexity index is 1110. The van der Waals surface area contributed by atoms with Gasteiger partial charge in [-0.05, 0) is 56.0 Å². The van der Waals surface area contributed by atoms with Crippen molar-refractivity contribution in [3.05, 3.63) is 64.4 Å². The minimum atomic E-state index is -1.90. The van der Waals surface area contributed by atoms with E-state index in [0.29, 0.717) is 23.6 Å². The van der Waals surface area contributed by atoms with E-state index < -0.39 is 24.0 Å². The number of hydrogen-bond donors (Lipinski definition) is 3. The van der Waals surface area contributed by atoms with E-state index in [1.54, 1.807) is 24.4 Å². The van der Waals surface area contributed by atoms with Crippen molar-refractivity contribution < 1.29 is 24.6 Å². The van der Waals surface area contributed by atoms with E-state index in [1.165, 1.54) is 4.90 Å². The summed E-state index contributed by atoms with van der Waals surface area (Å²) in [5, 5.41) is 27.9. The van der Waals surface area contributed by atoms with Crippen LogP contribution in [0.15, 0.2) is 47.8 Å². The Balaban J connectivity index is 1.33. The maximum atomic E-state index is 12.9. The van der Waals surface area contributed by atoms with Crippen molar-refractivity contribution in [3.63, 3.8) is 0 Å². The van der Waals surface area contributed by atoms with Crippen LogP contribution in [0.2, 0.25) is 5.02 Å². The third-order valence-electron chi connectivity index (χ3n) is 6.51. The van der Waals surface area contributed by atoms with Gasteiger partial charge in [0.05, 0.1) is 23.4 Å². The molecule has 35 heavy (non-hydrogen) atoms. The van der Waals surface area contributed by atoms with Crippen molar-refractivity contribution >= 4 is 29.1 Å². The first-order chi connectivity index (χ1) is 16.8. The molecule has 2 aromatic rings. The molecule has 4 rings (SSSR count). The molecule has 3 N–H and O–H groups in total. The summed E-state index contributed by atoms with van der Waals surface area (Å²) in [7, 11) is 0. The highest BCUT2D eigenvalue weighted by atomic mass is 35.5. The first-order valence-corrected chi connectivity index (χ1v) is 12.0. The van der Waals surface area contributed by atoms with Crippen LogP contribution in [0.4, 0.5) is 0 Å². The molecule has 0 aliphatic carbocycles. The van der Waals surface area contributed by atoms with E-state index in [4.69, 9.17) is 16.4 Å². The lowest BCUT2D eigenvalue weighted by atomic mass is 9.95. The van der Waals surface area contributed by atoms with Crippen molar-refractivity contribution in [1.82, 2.24) is 15.2 Å². The number of rotatable bonds is 7. The van der Waals surface area contributed by atoms with Gasteiger partial charge < -0.3 is 25.3 Å². The average Bonchev–Trinajstić information content (AvgIpc) is 3.48. The number of carbonyl (C=O) groups excluding carboxylic acids is 2. The third kappa shape index (κ3) is 5.47. The summed E-state index contributed by atoms with van der Waals surface area (Å²) in [6.07, 6.45) is -0.788. The highest BCUT2D eigenvalue weighted by Crippen LogP contribution is 2.33. The number of oxime groups is 1. The van der Waals surface area contributed by atoms with Crippen LogP contribution >= 0.6 is 11.6 Å². The van der Waals surface area contributed by atoms with Crippen molar-refractivity contribution in [2.24, 2.45) is 5.16 Å². The number of aliphatic hydroxyl groups excluding tert-OH is 2. The summed E-state index contributed by atoms with van der Waals surface area (Å²) in [6.45, 7) is 4.32. The molecule has 2 aliphatic heterocycles. The molecule has 0 bridgehead atoms. The summed E-state index contributed by atoms with van der Waals surface area (Å²) in [4.78, 5) is 36.6. The Morgan fingerprint density at radius 1 is 1.26 bits per heavy atom. The van der Waals surface area contributed by atoms with E-state index >= 15 is 0 Å². The van der Waals surface area contributed by atoms with Crippen molar-refractivity contribution in [2.45, 2.75) is 63.5 Å². The van der Waals surface area contributed by atoms with E-state index in [9.17, 15) is 19.8 Å². The molecule has 186 valence electrons. The number of aliphatic hydroxyl groups is 2. The molecule has 5 atom stereocenters. The number of nitrogens with one attached hydrogen (secondary N) is 1. The molecule has 1 saturated heterocycles. The predicted molar refractivity (Wildman–Crippen MR) is 130 cm³/mol. The van der Waals surface area contributed by atoms with Crippen LogP contribution < -0.4 is 5.32 Å². The summed E-state index contributed by atoms with van der Waals surface area (Å²) in [5.41, 5.74) is 3.22. The highest BCUT2D eigenvalue weighted by Gasteiger charge is 2.38. The van der Waals surface area contributed by atoms with Crippen LogP contribution in [0.1, 0.15) is 55.5 Å². The summed E-state index contributed by atoms with van der Waals surface area (Å²) < 4.78 is 0. The molecule has 1 aromatic carbocycles. The van der Waals surface area contributed by atoms with Gasteiger partial charge in [-0.15, -0.1) is 0 Å². The van der Waals surface area contributed by atoms with Gasteiger partial charge in [0, 0.05) is 24.3 Å². The van der Waals surface area contributed by atoms with Gasteiger partial charge in [0.1, 0.15) is 6.10 Å². The van der Waals surface area contributed by atoms with Crippen LogP contribution in [0.3, 0.4) is 0 Å². The number of aromatic nitrogens is 1. The van der Waals surface area contributed by atoms with Crippen molar-refractivity contribution in [1.29, 1.82) is 0 Å². The largest absolute Gasteiger partial charge is 0.392 e. The zero-order valence-corrected chi connectivity index (χ0v) is 20.4. The molecule has 3 heterocycles. The number of pyridine rings is 1. The Labute approximate surface area is 208 Å². The maximum Gasteiger partial charge on any atom is 0.255 e. The quantitative estimate of drug-likeness (QED) is 0.536. The topological polar surface area (TPSA) is 124 Å². The van der Waals surface area contributed by atoms with Gasteiger partial charge in [0.15, 0.2) is 12.2 Å². The van der Waals surface area contributed by atoms with Crippen molar-refractivity contribution in [2.75, 3.05) is 6.54 Å². The van der Waals surface area contributed by atoms with Gasteiger partial charge in [0.2, 0.25) is 0 Å². The number of amides is 2. The summed E-state index contributed by atoms with van der Waals surface area (Å²) in [5.74, 6) is -1.55. The van der Waals surface area contributed by atoms with Crippen LogP contribution in [-0.4, -0.2) is 62.5 Å². The molecule has 2 aliphatic rings. The first kappa shape index (κ1) is 25.1. The zero-order valence-electron chi connectivity index (χ0n) is 19.6. The van der Waals surface area contributed by atoms with Crippen LogP contribution in [0, 0.1) is 0 Å².